The molecule has 13 heavy (non-hydrogen) atoms. The maximum Gasteiger partial charge on any atom is 0.152 e. The first-order valence-electron chi connectivity index (χ1n) is 4.84. The van der Waals surface area contributed by atoms with Crippen molar-refractivity contribution in [3.8, 4) is 0 Å². The zero-order valence-corrected chi connectivity index (χ0v) is 7.46. The highest BCUT2D eigenvalue weighted by Crippen LogP contribution is 2.39. The molecule has 1 fully saturated rings. The minimum absolute atomic E-state index is 0.132. The zero-order chi connectivity index (χ0) is 8.73. The monoisotopic (exact) mass is 175 g/mol. The average molecular weight is 175 g/mol. The molecule has 0 aromatic carbocycles. The van der Waals surface area contributed by atoms with E-state index in [4.69, 9.17) is 0 Å². The summed E-state index contributed by atoms with van der Waals surface area (Å²) in [5.74, 6) is 0.619. The number of rotatable bonds is 0. The van der Waals surface area contributed by atoms with Gasteiger partial charge >= 0.3 is 0 Å². The molecule has 2 aliphatic heterocycles. The molecule has 2 unspecified atom stereocenters. The summed E-state index contributed by atoms with van der Waals surface area (Å²) >= 11 is 0. The molecule has 3 rings (SSSR count). The highest BCUT2D eigenvalue weighted by atomic mass is 15.5. The second-order valence-electron chi connectivity index (χ2n) is 3.84. The molecule has 0 bridgehead atoms. The maximum atomic E-state index is 4.59. The molecule has 0 amide bonds. The molecule has 1 spiro atoms. The lowest BCUT2D eigenvalue weighted by Crippen LogP contribution is -2.49. The van der Waals surface area contributed by atoms with Crippen LogP contribution in [-0.2, 0) is 0 Å². The van der Waals surface area contributed by atoms with Gasteiger partial charge in [-0.1, -0.05) is 12.2 Å². The first-order valence-corrected chi connectivity index (χ1v) is 4.84. The molecule has 1 aliphatic carbocycles. The van der Waals surface area contributed by atoms with Crippen molar-refractivity contribution in [3.63, 3.8) is 0 Å². The van der Waals surface area contributed by atoms with Crippen molar-refractivity contribution in [2.75, 3.05) is 6.54 Å². The number of nitrogens with zero attached hydrogens (tertiary/aromatic N) is 1. The first kappa shape index (κ1) is 7.47. The lowest BCUT2D eigenvalue weighted by molar-refractivity contribution is 0.320. The molecule has 0 saturated carbocycles. The summed E-state index contributed by atoms with van der Waals surface area (Å²) < 4.78 is 0. The van der Waals surface area contributed by atoms with Crippen LogP contribution in [0, 0.1) is 5.92 Å². The third kappa shape index (κ3) is 0.885. The molecule has 68 valence electrons. The number of aliphatic imine (C=N–C) groups is 1. The van der Waals surface area contributed by atoms with Crippen LogP contribution in [0.3, 0.4) is 0 Å². The van der Waals surface area contributed by atoms with E-state index in [0.717, 1.165) is 6.54 Å². The van der Waals surface area contributed by atoms with E-state index >= 15 is 0 Å². The predicted octanol–water partition coefficient (Wildman–Crippen LogP) is 0.767. The number of hydrogen-bond donors (Lipinski definition) is 2. The third-order valence-corrected chi connectivity index (χ3v) is 3.18. The average Bonchev–Trinajstić information content (AvgIpc) is 2.58. The normalized spacial score (nSPS) is 41.2. The van der Waals surface area contributed by atoms with E-state index in [1.54, 1.807) is 0 Å². The highest BCUT2D eigenvalue weighted by molar-refractivity contribution is 5.75. The molecule has 2 N–H and O–H groups in total. The number of hydrogen-bond acceptors (Lipinski definition) is 3. The Morgan fingerprint density at radius 1 is 1.54 bits per heavy atom. The smallest absolute Gasteiger partial charge is 0.152 e. The molecular formula is C10H13N3. The summed E-state index contributed by atoms with van der Waals surface area (Å²) in [5.41, 5.74) is 7.72. The standard InChI is InChI=1S/C10H13N3/c1-3-8-5-2-6-11-10(8)9(4-1)7-12-13-10/h2-3,5-6,9,12-13H,1,4,7H2. The largest absolute Gasteiger partial charge is 0.264 e. The van der Waals surface area contributed by atoms with Crippen LogP contribution >= 0.6 is 0 Å². The summed E-state index contributed by atoms with van der Waals surface area (Å²) in [7, 11) is 0. The van der Waals surface area contributed by atoms with Crippen LogP contribution in [0.25, 0.3) is 0 Å². The topological polar surface area (TPSA) is 36.4 Å². The Labute approximate surface area is 77.6 Å². The van der Waals surface area contributed by atoms with Gasteiger partial charge in [-0.2, -0.15) is 0 Å². The Kier molecular flexibility index (Phi) is 1.45. The zero-order valence-electron chi connectivity index (χ0n) is 7.46. The molecule has 0 aromatic heterocycles. The maximum absolute atomic E-state index is 4.59. The number of dihydropyridines is 1. The van der Waals surface area contributed by atoms with E-state index in [1.165, 1.54) is 18.4 Å². The predicted molar refractivity (Wildman–Crippen MR) is 52.3 cm³/mol. The molecule has 2 atom stereocenters. The second kappa shape index (κ2) is 2.53. The lowest BCUT2D eigenvalue weighted by Gasteiger charge is -2.36. The summed E-state index contributed by atoms with van der Waals surface area (Å²) in [6.07, 6.45) is 10.8. The summed E-state index contributed by atoms with van der Waals surface area (Å²) in [4.78, 5) is 4.59. The van der Waals surface area contributed by atoms with Crippen molar-refractivity contribution in [3.05, 3.63) is 23.8 Å². The van der Waals surface area contributed by atoms with Gasteiger partial charge in [0.15, 0.2) is 5.66 Å². The Morgan fingerprint density at radius 2 is 2.54 bits per heavy atom. The van der Waals surface area contributed by atoms with Crippen LogP contribution in [0.15, 0.2) is 28.8 Å². The van der Waals surface area contributed by atoms with Crippen LogP contribution < -0.4 is 10.9 Å². The van der Waals surface area contributed by atoms with Crippen LogP contribution in [0.2, 0.25) is 0 Å². The molecule has 0 aromatic rings. The summed E-state index contributed by atoms with van der Waals surface area (Å²) in [5, 5.41) is 0. The second-order valence-corrected chi connectivity index (χ2v) is 3.84. The molecule has 3 aliphatic rings. The summed E-state index contributed by atoms with van der Waals surface area (Å²) in [6.45, 7) is 1.03. The van der Waals surface area contributed by atoms with Gasteiger partial charge in [0.1, 0.15) is 0 Å². The Bertz CT molecular complexity index is 316. The van der Waals surface area contributed by atoms with E-state index in [9.17, 15) is 0 Å². The first-order chi connectivity index (χ1) is 6.42. The minimum atomic E-state index is -0.132. The molecule has 2 heterocycles. The van der Waals surface area contributed by atoms with Crippen LogP contribution in [0.5, 0.6) is 0 Å². The van der Waals surface area contributed by atoms with Gasteiger partial charge in [-0.15, -0.1) is 0 Å². The van der Waals surface area contributed by atoms with Gasteiger partial charge in [-0.05, 0) is 24.5 Å². The van der Waals surface area contributed by atoms with Crippen molar-refractivity contribution in [1.29, 1.82) is 0 Å². The van der Waals surface area contributed by atoms with Crippen LogP contribution in [-0.4, -0.2) is 18.4 Å². The fourth-order valence-corrected chi connectivity index (χ4v) is 2.49. The Morgan fingerprint density at radius 3 is 3.54 bits per heavy atom. The van der Waals surface area contributed by atoms with Gasteiger partial charge in [-0.25, -0.2) is 5.43 Å². The summed E-state index contributed by atoms with van der Waals surface area (Å²) in [6, 6.07) is 0. The van der Waals surface area contributed by atoms with Crippen LogP contribution in [0.4, 0.5) is 0 Å². The quantitative estimate of drug-likeness (QED) is 0.570. The number of allylic oxidation sites excluding steroid dienone is 2. The van der Waals surface area contributed by atoms with E-state index < -0.39 is 0 Å². The van der Waals surface area contributed by atoms with Gasteiger partial charge < -0.3 is 0 Å². The fraction of sp³-hybridized carbons (Fsp3) is 0.500. The van der Waals surface area contributed by atoms with Crippen molar-refractivity contribution >= 4 is 6.21 Å². The molecular weight excluding hydrogens is 162 g/mol. The van der Waals surface area contributed by atoms with Gasteiger partial charge in [0.25, 0.3) is 0 Å². The molecule has 3 nitrogen and oxygen atoms in total. The van der Waals surface area contributed by atoms with Gasteiger partial charge in [-0.3, -0.25) is 10.4 Å². The molecule has 3 heteroatoms. The van der Waals surface area contributed by atoms with E-state index in [-0.39, 0.29) is 5.66 Å². The lowest BCUT2D eigenvalue weighted by atomic mass is 9.79. The number of hydrazine groups is 1. The van der Waals surface area contributed by atoms with Crippen molar-refractivity contribution in [1.82, 2.24) is 10.9 Å². The minimum Gasteiger partial charge on any atom is -0.264 e. The van der Waals surface area contributed by atoms with E-state index in [1.807, 2.05) is 12.3 Å². The Hall–Kier alpha value is -0.930. The van der Waals surface area contributed by atoms with Crippen molar-refractivity contribution in [2.24, 2.45) is 10.9 Å². The van der Waals surface area contributed by atoms with Crippen molar-refractivity contribution in [2.45, 2.75) is 18.5 Å². The molecule has 1 saturated heterocycles. The van der Waals surface area contributed by atoms with Gasteiger partial charge in [0.05, 0.1) is 0 Å². The highest BCUT2D eigenvalue weighted by Gasteiger charge is 2.46. The van der Waals surface area contributed by atoms with E-state index in [2.05, 4.69) is 28.0 Å². The van der Waals surface area contributed by atoms with Crippen LogP contribution in [0.1, 0.15) is 12.8 Å². The van der Waals surface area contributed by atoms with Gasteiger partial charge in [0.2, 0.25) is 0 Å². The van der Waals surface area contributed by atoms with Gasteiger partial charge in [0, 0.05) is 18.7 Å². The molecule has 0 radical (unpaired) electrons. The SMILES string of the molecule is C1=CC2=CCCC3CNNC23N=C1. The van der Waals surface area contributed by atoms with E-state index in [0.29, 0.717) is 5.92 Å². The Balaban J connectivity index is 2.11. The fourth-order valence-electron chi connectivity index (χ4n) is 2.49. The van der Waals surface area contributed by atoms with Crippen molar-refractivity contribution < 1.29 is 0 Å². The number of nitrogens with one attached hydrogen (secondary N) is 2. The third-order valence-electron chi connectivity index (χ3n) is 3.18.